The Labute approximate surface area is 202 Å². The van der Waals surface area contributed by atoms with Crippen LogP contribution in [0.4, 0.5) is 0 Å². The summed E-state index contributed by atoms with van der Waals surface area (Å²) < 4.78 is 10.6. The van der Waals surface area contributed by atoms with Crippen molar-refractivity contribution in [2.75, 3.05) is 20.8 Å². The Morgan fingerprint density at radius 1 is 1.09 bits per heavy atom. The molecule has 1 amide bonds. The van der Waals surface area contributed by atoms with Crippen LogP contribution >= 0.6 is 23.2 Å². The van der Waals surface area contributed by atoms with E-state index in [1.165, 1.54) is 37.3 Å². The molecule has 9 heteroatoms. The molecule has 1 fully saturated rings. The average molecular weight is 494 g/mol. The van der Waals surface area contributed by atoms with Gasteiger partial charge in [-0.05, 0) is 30.2 Å². The Morgan fingerprint density at radius 2 is 1.79 bits per heavy atom. The third kappa shape index (κ3) is 4.61. The molecule has 0 aromatic heterocycles. The number of hydrogen-bond donors (Lipinski definition) is 2. The average Bonchev–Trinajstić information content (AvgIpc) is 3.03. The molecular weight excluding hydrogens is 469 g/mol. The van der Waals surface area contributed by atoms with Crippen molar-refractivity contribution in [2.45, 2.75) is 32.2 Å². The van der Waals surface area contributed by atoms with Gasteiger partial charge < -0.3 is 24.6 Å². The molecule has 1 saturated heterocycles. The molecule has 33 heavy (non-hydrogen) atoms. The Morgan fingerprint density at radius 3 is 2.39 bits per heavy atom. The van der Waals surface area contributed by atoms with Crippen LogP contribution in [0.3, 0.4) is 0 Å². The van der Waals surface area contributed by atoms with Crippen molar-refractivity contribution < 1.29 is 29.3 Å². The number of halogens is 2. The topological polar surface area (TPSA) is 96.3 Å². The van der Waals surface area contributed by atoms with Crippen LogP contribution in [0.5, 0.6) is 17.2 Å². The minimum Gasteiger partial charge on any atom is -0.508 e. The maximum atomic E-state index is 13.1. The second-order valence-electron chi connectivity index (χ2n) is 7.58. The largest absolute Gasteiger partial charge is 0.508 e. The lowest BCUT2D eigenvalue weighted by molar-refractivity contribution is -0.139. The van der Waals surface area contributed by atoms with Crippen molar-refractivity contribution in [1.29, 1.82) is 0 Å². The van der Waals surface area contributed by atoms with E-state index in [0.29, 0.717) is 18.5 Å². The maximum Gasteiger partial charge on any atom is 0.295 e. The fourth-order valence-electron chi connectivity index (χ4n) is 3.98. The lowest BCUT2D eigenvalue weighted by Crippen LogP contribution is -2.30. The highest BCUT2D eigenvalue weighted by molar-refractivity contribution is 6.47. The molecule has 0 aliphatic carbocycles. The summed E-state index contributed by atoms with van der Waals surface area (Å²) in [4.78, 5) is 27.5. The molecule has 1 aliphatic heterocycles. The van der Waals surface area contributed by atoms with Crippen molar-refractivity contribution in [1.82, 2.24) is 4.90 Å². The van der Waals surface area contributed by atoms with Gasteiger partial charge in [0.05, 0.1) is 36.4 Å². The number of carbonyl (C=O) groups is 2. The summed E-state index contributed by atoms with van der Waals surface area (Å²) in [7, 11) is 2.73. The zero-order valence-electron chi connectivity index (χ0n) is 18.5. The third-order valence-electron chi connectivity index (χ3n) is 5.52. The Bertz CT molecular complexity index is 1110. The number of ketones is 1. The highest BCUT2D eigenvalue weighted by Gasteiger charge is 2.46. The number of methoxy groups -OCH3 is 2. The second kappa shape index (κ2) is 10.4. The van der Waals surface area contributed by atoms with Crippen LogP contribution in [0.25, 0.3) is 5.76 Å². The quantitative estimate of drug-likeness (QED) is 0.223. The molecule has 1 heterocycles. The van der Waals surface area contributed by atoms with Crippen molar-refractivity contribution in [2.24, 2.45) is 0 Å². The molecule has 0 spiro atoms. The van der Waals surface area contributed by atoms with Gasteiger partial charge in [0.25, 0.3) is 11.7 Å². The van der Waals surface area contributed by atoms with E-state index in [0.717, 1.165) is 12.8 Å². The smallest absolute Gasteiger partial charge is 0.295 e. The van der Waals surface area contributed by atoms with Gasteiger partial charge in [-0.15, -0.1) is 0 Å². The number of nitrogens with zero attached hydrogens (tertiary/aromatic N) is 1. The number of unbranched alkanes of at least 4 members (excludes halogenated alkanes) is 2. The van der Waals surface area contributed by atoms with Crippen LogP contribution in [0.1, 0.15) is 43.4 Å². The van der Waals surface area contributed by atoms with E-state index < -0.39 is 23.5 Å². The molecule has 7 nitrogen and oxygen atoms in total. The number of ether oxygens (including phenoxy) is 2. The maximum absolute atomic E-state index is 13.1. The summed E-state index contributed by atoms with van der Waals surface area (Å²) in [6, 6.07) is 6.70. The predicted molar refractivity (Wildman–Crippen MR) is 126 cm³/mol. The SMILES string of the molecule is CCCCCN1C(=O)C(=O)/C(=C(/O)c2cc(Cl)c(OC)c(Cl)c2OC)C1c1cccc(O)c1. The summed E-state index contributed by atoms with van der Waals surface area (Å²) in [5, 5.41) is 21.4. The number of benzene rings is 2. The Balaban J connectivity index is 2.25. The minimum atomic E-state index is -0.904. The summed E-state index contributed by atoms with van der Waals surface area (Å²) in [5.74, 6) is -1.89. The first-order valence-corrected chi connectivity index (χ1v) is 11.2. The molecule has 3 rings (SSSR count). The summed E-state index contributed by atoms with van der Waals surface area (Å²) >= 11 is 12.6. The number of likely N-dealkylation sites (tertiary alicyclic amines) is 1. The van der Waals surface area contributed by atoms with Crippen LogP contribution in [0.15, 0.2) is 35.9 Å². The molecule has 176 valence electrons. The van der Waals surface area contributed by atoms with Crippen molar-refractivity contribution in [3.63, 3.8) is 0 Å². The van der Waals surface area contributed by atoms with Gasteiger partial charge in [0, 0.05) is 6.54 Å². The molecule has 2 aromatic rings. The van der Waals surface area contributed by atoms with Gasteiger partial charge in [0.2, 0.25) is 0 Å². The van der Waals surface area contributed by atoms with E-state index in [2.05, 4.69) is 0 Å². The minimum absolute atomic E-state index is 0.0140. The van der Waals surface area contributed by atoms with Crippen LogP contribution in [-0.4, -0.2) is 47.6 Å². The highest BCUT2D eigenvalue weighted by atomic mass is 35.5. The molecule has 1 aliphatic rings. The number of hydrogen-bond acceptors (Lipinski definition) is 6. The number of aromatic hydroxyl groups is 1. The molecule has 2 aromatic carbocycles. The van der Waals surface area contributed by atoms with Crippen LogP contribution in [0, 0.1) is 0 Å². The number of rotatable bonds is 8. The normalized spacial score (nSPS) is 17.5. The van der Waals surface area contributed by atoms with Gasteiger partial charge in [-0.3, -0.25) is 9.59 Å². The zero-order chi connectivity index (χ0) is 24.3. The molecule has 1 atom stereocenters. The molecule has 0 saturated carbocycles. The number of Topliss-reactive ketones (excluding diaryl/α,β-unsaturated/α-hetero) is 1. The first-order valence-electron chi connectivity index (χ1n) is 10.4. The van der Waals surface area contributed by atoms with Crippen molar-refractivity contribution in [3.05, 3.63) is 57.1 Å². The number of phenols is 1. The summed E-state index contributed by atoms with van der Waals surface area (Å²) in [5.41, 5.74) is 0.389. The number of carbonyl (C=O) groups excluding carboxylic acids is 2. The van der Waals surface area contributed by atoms with E-state index >= 15 is 0 Å². The molecular formula is C24H25Cl2NO6. The van der Waals surface area contributed by atoms with E-state index in [4.69, 9.17) is 32.7 Å². The van der Waals surface area contributed by atoms with E-state index in [-0.39, 0.29) is 38.4 Å². The summed E-state index contributed by atoms with van der Waals surface area (Å²) in [6.45, 7) is 2.35. The lowest BCUT2D eigenvalue weighted by Gasteiger charge is -2.25. The molecule has 0 radical (unpaired) electrons. The Hall–Kier alpha value is -2.90. The fraction of sp³-hybridized carbons (Fsp3) is 0.333. The van der Waals surface area contributed by atoms with Crippen LogP contribution < -0.4 is 9.47 Å². The standard InChI is InChI=1S/C24H25Cl2NO6/c1-4-5-6-10-27-19(13-8-7-9-14(28)11-13)17(21(30)24(27)31)20(29)15-12-16(25)23(33-3)18(26)22(15)32-2/h7-9,11-12,19,28-29H,4-6,10H2,1-3H3/b20-17+. The Kier molecular flexibility index (Phi) is 7.76. The number of aliphatic hydroxyl groups is 1. The highest BCUT2D eigenvalue weighted by Crippen LogP contribution is 2.47. The van der Waals surface area contributed by atoms with Gasteiger partial charge in [0.1, 0.15) is 16.5 Å². The molecule has 2 N–H and O–H groups in total. The number of amides is 1. The first-order chi connectivity index (χ1) is 15.8. The molecule has 1 unspecified atom stereocenters. The van der Waals surface area contributed by atoms with E-state index in [1.54, 1.807) is 12.1 Å². The molecule has 0 bridgehead atoms. The van der Waals surface area contributed by atoms with E-state index in [9.17, 15) is 19.8 Å². The third-order valence-corrected chi connectivity index (χ3v) is 6.15. The first kappa shape index (κ1) is 24.7. The van der Waals surface area contributed by atoms with Crippen LogP contribution in [0.2, 0.25) is 10.0 Å². The number of aliphatic hydroxyl groups excluding tert-OH is 1. The second-order valence-corrected chi connectivity index (χ2v) is 8.37. The predicted octanol–water partition coefficient (Wildman–Crippen LogP) is 5.33. The van der Waals surface area contributed by atoms with Gasteiger partial charge in [-0.1, -0.05) is 55.1 Å². The van der Waals surface area contributed by atoms with Gasteiger partial charge in [-0.2, -0.15) is 0 Å². The fourth-order valence-corrected chi connectivity index (χ4v) is 4.66. The van der Waals surface area contributed by atoms with Gasteiger partial charge >= 0.3 is 0 Å². The van der Waals surface area contributed by atoms with Gasteiger partial charge in [0.15, 0.2) is 11.5 Å². The zero-order valence-corrected chi connectivity index (χ0v) is 20.0. The van der Waals surface area contributed by atoms with Gasteiger partial charge in [-0.25, -0.2) is 0 Å². The van der Waals surface area contributed by atoms with Crippen molar-refractivity contribution >= 4 is 40.7 Å². The van der Waals surface area contributed by atoms with Crippen LogP contribution in [-0.2, 0) is 9.59 Å². The lowest BCUT2D eigenvalue weighted by atomic mass is 9.94. The van der Waals surface area contributed by atoms with Crippen molar-refractivity contribution in [3.8, 4) is 17.2 Å². The van der Waals surface area contributed by atoms with E-state index in [1.807, 2.05) is 6.92 Å². The number of phenolic OH excluding ortho intramolecular Hbond substituents is 1. The monoisotopic (exact) mass is 493 g/mol. The summed E-state index contributed by atoms with van der Waals surface area (Å²) in [6.07, 6.45) is 2.48.